The van der Waals surface area contributed by atoms with E-state index in [-0.39, 0.29) is 5.41 Å². The fraction of sp³-hybridized carbons (Fsp3) is 0.273. The van der Waals surface area contributed by atoms with Crippen LogP contribution in [0, 0.1) is 12.8 Å². The lowest BCUT2D eigenvalue weighted by Gasteiger charge is -2.22. The standard InChI is InChI=1S/C33H32N2OS/c1-19(2)11-25-13-22-8-7-21(15-30(22)37-25)27-16-29(35-32-31(27)20(3)18-36-32)23-12-24-17-34-10-9-26(24)28(14-23)33(4,5)6/h7-10,12-19H,11H2,1-6H3. The summed E-state index contributed by atoms with van der Waals surface area (Å²) in [6.07, 6.45) is 6.76. The number of aryl methyl sites for hydroxylation is 1. The van der Waals surface area contributed by atoms with Crippen molar-refractivity contribution in [2.45, 2.75) is 53.4 Å². The number of thiophene rings is 1. The molecule has 6 aromatic rings. The highest BCUT2D eigenvalue weighted by molar-refractivity contribution is 7.19. The Bertz CT molecular complexity index is 1780. The molecule has 0 amide bonds. The summed E-state index contributed by atoms with van der Waals surface area (Å²) in [4.78, 5) is 10.8. The SMILES string of the molecule is Cc1coc2nc(-c3cc(C(C)(C)C)c4ccncc4c3)cc(-c3ccc4cc(CC(C)C)sc4c3)c12. The molecule has 0 aliphatic heterocycles. The molecule has 0 fully saturated rings. The van der Waals surface area contributed by atoms with Gasteiger partial charge in [0.25, 0.3) is 0 Å². The molecule has 0 spiro atoms. The second kappa shape index (κ2) is 8.81. The van der Waals surface area contributed by atoms with E-state index >= 15 is 0 Å². The zero-order valence-corrected chi connectivity index (χ0v) is 23.2. The van der Waals surface area contributed by atoms with E-state index in [0.717, 1.165) is 39.6 Å². The molecule has 0 N–H and O–H groups in total. The lowest BCUT2D eigenvalue weighted by Crippen LogP contribution is -2.12. The number of pyridine rings is 2. The first-order valence-electron chi connectivity index (χ1n) is 13.0. The Balaban J connectivity index is 1.56. The van der Waals surface area contributed by atoms with Crippen molar-refractivity contribution in [1.82, 2.24) is 9.97 Å². The van der Waals surface area contributed by atoms with E-state index in [1.807, 2.05) is 30.0 Å². The van der Waals surface area contributed by atoms with Gasteiger partial charge < -0.3 is 4.42 Å². The molecule has 3 nitrogen and oxygen atoms in total. The molecule has 0 atom stereocenters. The monoisotopic (exact) mass is 504 g/mol. The highest BCUT2D eigenvalue weighted by Gasteiger charge is 2.21. The third kappa shape index (κ3) is 4.34. The van der Waals surface area contributed by atoms with Crippen molar-refractivity contribution in [3.8, 4) is 22.4 Å². The van der Waals surface area contributed by atoms with Gasteiger partial charge in [0.05, 0.1) is 17.3 Å². The Morgan fingerprint density at radius 2 is 1.78 bits per heavy atom. The van der Waals surface area contributed by atoms with Crippen LogP contribution < -0.4 is 0 Å². The highest BCUT2D eigenvalue weighted by atomic mass is 32.1. The van der Waals surface area contributed by atoms with Gasteiger partial charge in [0.15, 0.2) is 0 Å². The molecule has 4 heteroatoms. The molecule has 0 bridgehead atoms. The van der Waals surface area contributed by atoms with Crippen molar-refractivity contribution in [1.29, 1.82) is 0 Å². The van der Waals surface area contributed by atoms with Crippen LogP contribution in [0.5, 0.6) is 0 Å². The number of aromatic nitrogens is 2. The van der Waals surface area contributed by atoms with Gasteiger partial charge in [0, 0.05) is 32.9 Å². The largest absolute Gasteiger partial charge is 0.446 e. The van der Waals surface area contributed by atoms with Crippen LogP contribution in [0.4, 0.5) is 0 Å². The van der Waals surface area contributed by atoms with E-state index in [0.29, 0.717) is 11.6 Å². The van der Waals surface area contributed by atoms with E-state index in [9.17, 15) is 0 Å². The van der Waals surface area contributed by atoms with Gasteiger partial charge in [-0.05, 0) is 94.1 Å². The van der Waals surface area contributed by atoms with E-state index in [4.69, 9.17) is 9.40 Å². The minimum atomic E-state index is -0.0122. The maximum absolute atomic E-state index is 5.97. The summed E-state index contributed by atoms with van der Waals surface area (Å²) in [5, 5.41) is 4.76. The van der Waals surface area contributed by atoms with Crippen LogP contribution >= 0.6 is 11.3 Å². The number of hydrogen-bond acceptors (Lipinski definition) is 4. The van der Waals surface area contributed by atoms with Gasteiger partial charge in [0.1, 0.15) is 0 Å². The van der Waals surface area contributed by atoms with Gasteiger partial charge in [-0.2, -0.15) is 0 Å². The van der Waals surface area contributed by atoms with Crippen molar-refractivity contribution in [2.24, 2.45) is 5.92 Å². The van der Waals surface area contributed by atoms with Crippen molar-refractivity contribution >= 4 is 43.3 Å². The molecule has 0 aliphatic rings. The van der Waals surface area contributed by atoms with Gasteiger partial charge in [-0.1, -0.05) is 46.8 Å². The molecule has 4 heterocycles. The second-order valence-electron chi connectivity index (χ2n) is 11.6. The summed E-state index contributed by atoms with van der Waals surface area (Å²) in [5.41, 5.74) is 7.42. The Kier molecular flexibility index (Phi) is 5.68. The molecule has 0 saturated carbocycles. The van der Waals surface area contributed by atoms with Gasteiger partial charge in [0.2, 0.25) is 5.71 Å². The van der Waals surface area contributed by atoms with E-state index in [1.165, 1.54) is 31.5 Å². The normalized spacial score (nSPS) is 12.4. The summed E-state index contributed by atoms with van der Waals surface area (Å²) in [6, 6.07) is 18.0. The van der Waals surface area contributed by atoms with Crippen LogP contribution in [-0.4, -0.2) is 9.97 Å². The van der Waals surface area contributed by atoms with Gasteiger partial charge in [-0.25, -0.2) is 4.98 Å². The van der Waals surface area contributed by atoms with Crippen molar-refractivity contribution in [3.63, 3.8) is 0 Å². The quantitative estimate of drug-likeness (QED) is 0.240. The van der Waals surface area contributed by atoms with Crippen LogP contribution in [0.1, 0.15) is 50.6 Å². The van der Waals surface area contributed by atoms with Crippen LogP contribution in [0.25, 0.3) is 54.3 Å². The van der Waals surface area contributed by atoms with E-state index < -0.39 is 0 Å². The van der Waals surface area contributed by atoms with Gasteiger partial charge >= 0.3 is 0 Å². The minimum Gasteiger partial charge on any atom is -0.446 e. The molecular weight excluding hydrogens is 472 g/mol. The van der Waals surface area contributed by atoms with Crippen molar-refractivity contribution in [2.75, 3.05) is 0 Å². The molecule has 37 heavy (non-hydrogen) atoms. The molecular formula is C33H32N2OS. The first kappa shape index (κ1) is 23.9. The molecule has 0 aliphatic carbocycles. The highest BCUT2D eigenvalue weighted by Crippen LogP contribution is 2.40. The Morgan fingerprint density at radius 1 is 0.946 bits per heavy atom. The first-order chi connectivity index (χ1) is 17.7. The molecule has 2 aromatic carbocycles. The number of benzene rings is 2. The fourth-order valence-corrected chi connectivity index (χ4v) is 6.62. The lowest BCUT2D eigenvalue weighted by atomic mass is 9.82. The number of hydrogen-bond donors (Lipinski definition) is 0. The molecule has 0 unspecified atom stereocenters. The average molecular weight is 505 g/mol. The first-order valence-corrected chi connectivity index (χ1v) is 13.8. The Morgan fingerprint density at radius 3 is 2.57 bits per heavy atom. The number of fused-ring (bicyclic) bond motifs is 3. The molecule has 0 radical (unpaired) electrons. The topological polar surface area (TPSA) is 38.9 Å². The predicted octanol–water partition coefficient (Wildman–Crippen LogP) is 9.73. The summed E-state index contributed by atoms with van der Waals surface area (Å²) in [7, 11) is 0. The summed E-state index contributed by atoms with van der Waals surface area (Å²) in [5.74, 6) is 0.652. The zero-order chi connectivity index (χ0) is 25.9. The third-order valence-electron chi connectivity index (χ3n) is 7.08. The van der Waals surface area contributed by atoms with E-state index in [1.54, 1.807) is 0 Å². The van der Waals surface area contributed by atoms with Crippen molar-refractivity contribution < 1.29 is 4.42 Å². The van der Waals surface area contributed by atoms with E-state index in [2.05, 4.69) is 95.1 Å². The van der Waals surface area contributed by atoms with Crippen LogP contribution in [-0.2, 0) is 11.8 Å². The Hall–Kier alpha value is -3.50. The zero-order valence-electron chi connectivity index (χ0n) is 22.3. The molecule has 186 valence electrons. The number of nitrogens with zero attached hydrogens (tertiary/aromatic N) is 2. The number of rotatable bonds is 4. The second-order valence-corrected chi connectivity index (χ2v) is 12.8. The van der Waals surface area contributed by atoms with Crippen LogP contribution in [0.15, 0.2) is 71.6 Å². The molecule has 0 saturated heterocycles. The maximum atomic E-state index is 5.97. The Labute approximate surface area is 222 Å². The maximum Gasteiger partial charge on any atom is 0.227 e. The lowest BCUT2D eigenvalue weighted by molar-refractivity contribution is 0.596. The van der Waals surface area contributed by atoms with Crippen molar-refractivity contribution in [3.05, 3.63) is 83.2 Å². The summed E-state index contributed by atoms with van der Waals surface area (Å²) in [6.45, 7) is 13.4. The molecule has 4 aromatic heterocycles. The fourth-order valence-electron chi connectivity index (χ4n) is 5.30. The summed E-state index contributed by atoms with van der Waals surface area (Å²) >= 11 is 1.91. The van der Waals surface area contributed by atoms with Gasteiger partial charge in [-0.15, -0.1) is 11.3 Å². The third-order valence-corrected chi connectivity index (χ3v) is 8.20. The smallest absolute Gasteiger partial charge is 0.227 e. The number of furan rings is 1. The van der Waals surface area contributed by atoms with Crippen LogP contribution in [0.2, 0.25) is 0 Å². The molecule has 6 rings (SSSR count). The minimum absolute atomic E-state index is 0.0122. The summed E-state index contributed by atoms with van der Waals surface area (Å²) < 4.78 is 7.30. The average Bonchev–Trinajstić information content (AvgIpc) is 3.43. The van der Waals surface area contributed by atoms with Gasteiger partial charge in [-0.3, -0.25) is 4.98 Å². The predicted molar refractivity (Wildman–Crippen MR) is 158 cm³/mol. The van der Waals surface area contributed by atoms with Crippen LogP contribution in [0.3, 0.4) is 0 Å².